The molecule has 0 aromatic heterocycles. The quantitative estimate of drug-likeness (QED) is 0.635. The zero-order chi connectivity index (χ0) is 6.10. The van der Waals surface area contributed by atoms with E-state index in [1.54, 1.807) is 0 Å². The van der Waals surface area contributed by atoms with Crippen LogP contribution in [0.3, 0.4) is 0 Å². The molecule has 0 saturated heterocycles. The smallest absolute Gasteiger partial charge is 0.0713 e. The van der Waals surface area contributed by atoms with Gasteiger partial charge in [-0.15, -0.1) is 0 Å². The Labute approximate surface area is 64.2 Å². The first-order valence-electron chi connectivity index (χ1n) is 2.94. The molecule has 1 N–H and O–H groups in total. The number of allylic oxidation sites excluding steroid dienone is 1. The van der Waals surface area contributed by atoms with Crippen LogP contribution in [0.15, 0.2) is 24.7 Å². The van der Waals surface area contributed by atoms with Gasteiger partial charge in [-0.25, -0.2) is 3.15 Å². The lowest BCUT2D eigenvalue weighted by molar-refractivity contribution is 0.886. The Morgan fingerprint density at radius 1 is 1.67 bits per heavy atom. The number of hydrogen-bond acceptors (Lipinski definition) is 2. The molecule has 2 aliphatic heterocycles. The van der Waals surface area contributed by atoms with Crippen molar-refractivity contribution in [3.05, 3.63) is 21.6 Å². The fourth-order valence-corrected chi connectivity index (χ4v) is 2.49. The van der Waals surface area contributed by atoms with Gasteiger partial charge in [-0.05, 0) is 10.2 Å². The molecule has 0 radical (unpaired) electrons. The van der Waals surface area contributed by atoms with E-state index in [9.17, 15) is 0 Å². The fourth-order valence-electron chi connectivity index (χ4n) is 0.973. The van der Waals surface area contributed by atoms with Crippen molar-refractivity contribution in [2.75, 3.05) is 6.54 Å². The van der Waals surface area contributed by atoms with E-state index in [2.05, 4.69) is 18.6 Å². The van der Waals surface area contributed by atoms with E-state index in [0.717, 1.165) is 13.0 Å². The first kappa shape index (κ1) is 5.58. The minimum Gasteiger partial charge on any atom is -0.383 e. The van der Waals surface area contributed by atoms with Gasteiger partial charge in [0.2, 0.25) is 0 Å². The Morgan fingerprint density at radius 3 is 3.56 bits per heavy atom. The van der Waals surface area contributed by atoms with Crippen LogP contribution in [-0.4, -0.2) is 6.54 Å². The van der Waals surface area contributed by atoms with Gasteiger partial charge in [-0.1, -0.05) is 0 Å². The largest absolute Gasteiger partial charge is 0.383 e. The molecule has 0 amide bonds. The van der Waals surface area contributed by atoms with Crippen molar-refractivity contribution >= 4 is 21.0 Å². The predicted molar refractivity (Wildman–Crippen MR) is 45.2 cm³/mol. The SMILES string of the molecule is C1=CC2=C(CCN2)N=I1. The normalized spacial score (nSPS) is 23.1. The standard InChI is InChI=1S/C6H7IN2/c1-3-7-9-6-2-4-8-5(1)6/h1,3,8H,2,4H2. The van der Waals surface area contributed by atoms with Gasteiger partial charge in [0.15, 0.2) is 0 Å². The summed E-state index contributed by atoms with van der Waals surface area (Å²) in [5.74, 6) is 0. The number of halogens is 1. The van der Waals surface area contributed by atoms with E-state index in [1.807, 2.05) is 0 Å². The third-order valence-electron chi connectivity index (χ3n) is 1.42. The van der Waals surface area contributed by atoms with E-state index >= 15 is 0 Å². The van der Waals surface area contributed by atoms with Gasteiger partial charge in [-0.3, -0.25) is 0 Å². The second-order valence-electron chi connectivity index (χ2n) is 2.01. The van der Waals surface area contributed by atoms with Crippen LogP contribution < -0.4 is 5.32 Å². The van der Waals surface area contributed by atoms with E-state index in [0.29, 0.717) is 0 Å². The van der Waals surface area contributed by atoms with Gasteiger partial charge >= 0.3 is 0 Å². The minimum atomic E-state index is 0.0275. The van der Waals surface area contributed by atoms with Crippen molar-refractivity contribution in [1.82, 2.24) is 5.32 Å². The maximum Gasteiger partial charge on any atom is 0.0713 e. The Balaban J connectivity index is 2.41. The Bertz CT molecular complexity index is 193. The number of nitrogens with zero attached hydrogens (tertiary/aromatic N) is 1. The molecule has 2 nitrogen and oxygen atoms in total. The lowest BCUT2D eigenvalue weighted by Gasteiger charge is -1.98. The minimum absolute atomic E-state index is 0.0275. The summed E-state index contributed by atoms with van der Waals surface area (Å²) >= 11 is 0.0275. The predicted octanol–water partition coefficient (Wildman–Crippen LogP) is 1.87. The highest BCUT2D eigenvalue weighted by atomic mass is 127. The third-order valence-corrected chi connectivity index (χ3v) is 2.97. The number of hydrogen-bond donors (Lipinski definition) is 1. The zero-order valence-electron chi connectivity index (χ0n) is 4.89. The molecule has 3 heteroatoms. The molecule has 2 aliphatic rings. The molecule has 0 saturated carbocycles. The summed E-state index contributed by atoms with van der Waals surface area (Å²) in [6, 6.07) is 0. The molecule has 2 heterocycles. The van der Waals surface area contributed by atoms with Crippen molar-refractivity contribution < 1.29 is 0 Å². The van der Waals surface area contributed by atoms with Crippen molar-refractivity contribution in [1.29, 1.82) is 0 Å². The fraction of sp³-hybridized carbons (Fsp3) is 0.333. The second-order valence-corrected chi connectivity index (χ2v) is 3.77. The summed E-state index contributed by atoms with van der Waals surface area (Å²) in [6.45, 7) is 1.09. The van der Waals surface area contributed by atoms with Gasteiger partial charge in [0.05, 0.1) is 11.4 Å². The Morgan fingerprint density at radius 2 is 2.67 bits per heavy atom. The molecular weight excluding hydrogens is 227 g/mol. The van der Waals surface area contributed by atoms with E-state index < -0.39 is 0 Å². The molecule has 48 valence electrons. The van der Waals surface area contributed by atoms with Gasteiger partial charge in [-0.2, -0.15) is 0 Å². The Kier molecular flexibility index (Phi) is 1.37. The molecule has 0 bridgehead atoms. The van der Waals surface area contributed by atoms with Crippen molar-refractivity contribution in [3.63, 3.8) is 0 Å². The molecule has 9 heavy (non-hydrogen) atoms. The molecule has 0 unspecified atom stereocenters. The van der Waals surface area contributed by atoms with Gasteiger partial charge < -0.3 is 5.32 Å². The van der Waals surface area contributed by atoms with Gasteiger partial charge in [0, 0.05) is 34.0 Å². The molecule has 0 aromatic rings. The summed E-state index contributed by atoms with van der Waals surface area (Å²) in [6.07, 6.45) is 3.31. The first-order valence-corrected chi connectivity index (χ1v) is 5.15. The molecule has 0 aromatic carbocycles. The van der Waals surface area contributed by atoms with Crippen LogP contribution >= 0.6 is 21.0 Å². The topological polar surface area (TPSA) is 24.4 Å². The van der Waals surface area contributed by atoms with Crippen LogP contribution in [0.5, 0.6) is 0 Å². The average Bonchev–Trinajstić information content (AvgIpc) is 2.33. The zero-order valence-corrected chi connectivity index (χ0v) is 7.05. The average molecular weight is 234 g/mol. The molecule has 0 aliphatic carbocycles. The highest BCUT2D eigenvalue weighted by molar-refractivity contribution is 14.2. The van der Waals surface area contributed by atoms with Gasteiger partial charge in [0.1, 0.15) is 0 Å². The van der Waals surface area contributed by atoms with Crippen LogP contribution in [0.4, 0.5) is 0 Å². The summed E-state index contributed by atoms with van der Waals surface area (Å²) in [5, 5.41) is 3.28. The molecule has 0 atom stereocenters. The summed E-state index contributed by atoms with van der Waals surface area (Å²) in [4.78, 5) is 0. The van der Waals surface area contributed by atoms with Crippen LogP contribution in [-0.2, 0) is 0 Å². The Hall–Kier alpha value is -0.190. The summed E-state index contributed by atoms with van der Waals surface area (Å²) < 4.78 is 6.62. The lowest BCUT2D eigenvalue weighted by Crippen LogP contribution is -2.04. The maximum atomic E-state index is 4.43. The van der Waals surface area contributed by atoms with Crippen molar-refractivity contribution in [2.24, 2.45) is 3.15 Å². The van der Waals surface area contributed by atoms with Crippen LogP contribution in [0, 0.1) is 0 Å². The highest BCUT2D eigenvalue weighted by Crippen LogP contribution is 2.25. The van der Waals surface area contributed by atoms with Crippen LogP contribution in [0.2, 0.25) is 0 Å². The van der Waals surface area contributed by atoms with Gasteiger partial charge in [0.25, 0.3) is 0 Å². The number of rotatable bonds is 0. The van der Waals surface area contributed by atoms with Crippen LogP contribution in [0.1, 0.15) is 6.42 Å². The summed E-state index contributed by atoms with van der Waals surface area (Å²) in [7, 11) is 0. The molecular formula is C6H7IN2. The van der Waals surface area contributed by atoms with E-state index in [1.165, 1.54) is 11.4 Å². The monoisotopic (exact) mass is 234 g/mol. The molecule has 0 spiro atoms. The summed E-state index contributed by atoms with van der Waals surface area (Å²) in [5.41, 5.74) is 2.58. The molecule has 2 rings (SSSR count). The highest BCUT2D eigenvalue weighted by Gasteiger charge is 2.11. The van der Waals surface area contributed by atoms with Crippen molar-refractivity contribution in [2.45, 2.75) is 6.42 Å². The van der Waals surface area contributed by atoms with Crippen molar-refractivity contribution in [3.8, 4) is 0 Å². The number of nitrogens with one attached hydrogen (secondary N) is 1. The van der Waals surface area contributed by atoms with E-state index in [-0.39, 0.29) is 21.0 Å². The van der Waals surface area contributed by atoms with E-state index in [4.69, 9.17) is 0 Å². The second kappa shape index (κ2) is 2.21. The van der Waals surface area contributed by atoms with Crippen LogP contribution in [0.25, 0.3) is 0 Å². The maximum absolute atomic E-state index is 4.43. The molecule has 0 fully saturated rings. The third kappa shape index (κ3) is 0.933. The lowest BCUT2D eigenvalue weighted by atomic mass is 10.3. The first-order chi connectivity index (χ1) is 4.47.